The second kappa shape index (κ2) is 7.13. The SMILES string of the molecule is O=C(Nc1cccnc1)N1CC(COc2ccc3c(c2)CCCC3)C1. The predicted molar refractivity (Wildman–Crippen MR) is 96.9 cm³/mol. The van der Waals surface area contributed by atoms with Gasteiger partial charge in [-0.2, -0.15) is 0 Å². The van der Waals surface area contributed by atoms with Gasteiger partial charge in [-0.1, -0.05) is 6.07 Å². The zero-order valence-electron chi connectivity index (χ0n) is 14.3. The lowest BCUT2D eigenvalue weighted by Gasteiger charge is -2.38. The summed E-state index contributed by atoms with van der Waals surface area (Å²) in [5.74, 6) is 1.36. The van der Waals surface area contributed by atoms with E-state index in [4.69, 9.17) is 4.74 Å². The smallest absolute Gasteiger partial charge is 0.321 e. The molecule has 2 heterocycles. The first kappa shape index (κ1) is 15.9. The zero-order valence-corrected chi connectivity index (χ0v) is 14.3. The average Bonchev–Trinajstić information content (AvgIpc) is 2.61. The minimum atomic E-state index is -0.0713. The second-order valence-electron chi connectivity index (χ2n) is 6.89. The molecule has 0 spiro atoms. The molecule has 130 valence electrons. The first-order valence-electron chi connectivity index (χ1n) is 8.98. The van der Waals surface area contributed by atoms with Crippen molar-refractivity contribution in [1.82, 2.24) is 9.88 Å². The third-order valence-corrected chi connectivity index (χ3v) is 4.96. The highest BCUT2D eigenvalue weighted by molar-refractivity contribution is 5.89. The largest absolute Gasteiger partial charge is 0.493 e. The molecule has 1 aromatic carbocycles. The van der Waals surface area contributed by atoms with Crippen LogP contribution in [0.4, 0.5) is 10.5 Å². The summed E-state index contributed by atoms with van der Waals surface area (Å²) < 4.78 is 5.95. The number of urea groups is 1. The van der Waals surface area contributed by atoms with Crippen LogP contribution in [0.1, 0.15) is 24.0 Å². The Hall–Kier alpha value is -2.56. The van der Waals surface area contributed by atoms with Gasteiger partial charge in [0.25, 0.3) is 0 Å². The first-order chi connectivity index (χ1) is 12.3. The lowest BCUT2D eigenvalue weighted by atomic mass is 9.92. The van der Waals surface area contributed by atoms with Crippen LogP contribution in [0.2, 0.25) is 0 Å². The fraction of sp³-hybridized carbons (Fsp3) is 0.400. The molecule has 2 aliphatic rings. The molecule has 0 saturated carbocycles. The number of amides is 2. The minimum Gasteiger partial charge on any atom is -0.493 e. The molecule has 25 heavy (non-hydrogen) atoms. The summed E-state index contributed by atoms with van der Waals surface area (Å²) in [6, 6.07) is 10.1. The van der Waals surface area contributed by atoms with Crippen LogP contribution in [-0.2, 0) is 12.8 Å². The highest BCUT2D eigenvalue weighted by Gasteiger charge is 2.31. The van der Waals surface area contributed by atoms with Crippen molar-refractivity contribution in [2.24, 2.45) is 5.92 Å². The zero-order chi connectivity index (χ0) is 17.1. The lowest BCUT2D eigenvalue weighted by molar-refractivity contribution is 0.0924. The van der Waals surface area contributed by atoms with Crippen molar-refractivity contribution in [1.29, 1.82) is 0 Å². The molecule has 1 fully saturated rings. The Labute approximate surface area is 148 Å². The molecular formula is C20H23N3O2. The number of carbonyl (C=O) groups excluding carboxylic acids is 1. The molecule has 1 saturated heterocycles. The van der Waals surface area contributed by atoms with E-state index in [9.17, 15) is 4.79 Å². The van der Waals surface area contributed by atoms with Gasteiger partial charge in [0.2, 0.25) is 0 Å². The molecule has 1 aromatic heterocycles. The molecule has 2 aromatic rings. The third-order valence-electron chi connectivity index (χ3n) is 4.96. The molecule has 0 unspecified atom stereocenters. The van der Waals surface area contributed by atoms with E-state index in [1.807, 2.05) is 6.07 Å². The molecule has 1 aliphatic heterocycles. The standard InChI is InChI=1S/C20H23N3O2/c24-20(22-18-6-3-9-21-11-18)23-12-15(13-23)14-25-19-8-7-16-4-1-2-5-17(16)10-19/h3,6-11,15H,1-2,4-5,12-14H2,(H,22,24). The highest BCUT2D eigenvalue weighted by atomic mass is 16.5. The fourth-order valence-electron chi connectivity index (χ4n) is 3.49. The predicted octanol–water partition coefficient (Wildman–Crippen LogP) is 3.50. The average molecular weight is 337 g/mol. The van der Waals surface area contributed by atoms with E-state index in [1.165, 1.54) is 30.4 Å². The Morgan fingerprint density at radius 1 is 1.20 bits per heavy atom. The molecule has 2 amide bonds. The third kappa shape index (κ3) is 3.76. The number of aryl methyl sites for hydroxylation is 2. The van der Waals surface area contributed by atoms with E-state index >= 15 is 0 Å². The van der Waals surface area contributed by atoms with E-state index in [0.29, 0.717) is 12.5 Å². The summed E-state index contributed by atoms with van der Waals surface area (Å²) in [7, 11) is 0. The van der Waals surface area contributed by atoms with Gasteiger partial charge < -0.3 is 15.0 Å². The lowest BCUT2D eigenvalue weighted by Crippen LogP contribution is -2.53. The molecule has 0 atom stereocenters. The van der Waals surface area contributed by atoms with Crippen LogP contribution in [0.5, 0.6) is 5.75 Å². The molecule has 0 bridgehead atoms. The maximum absolute atomic E-state index is 12.1. The number of likely N-dealkylation sites (tertiary alicyclic amines) is 1. The van der Waals surface area contributed by atoms with E-state index in [0.717, 1.165) is 30.9 Å². The summed E-state index contributed by atoms with van der Waals surface area (Å²) in [4.78, 5) is 17.9. The molecule has 4 rings (SSSR count). The van der Waals surface area contributed by atoms with Crippen molar-refractivity contribution >= 4 is 11.7 Å². The van der Waals surface area contributed by atoms with Crippen LogP contribution in [0.15, 0.2) is 42.7 Å². The van der Waals surface area contributed by atoms with E-state index in [1.54, 1.807) is 23.4 Å². The number of nitrogens with one attached hydrogen (secondary N) is 1. The van der Waals surface area contributed by atoms with Crippen LogP contribution >= 0.6 is 0 Å². The van der Waals surface area contributed by atoms with Gasteiger partial charge in [-0.05, 0) is 61.1 Å². The quantitative estimate of drug-likeness (QED) is 0.929. The van der Waals surface area contributed by atoms with Crippen LogP contribution in [0.25, 0.3) is 0 Å². The van der Waals surface area contributed by atoms with Crippen molar-refractivity contribution in [3.8, 4) is 5.75 Å². The van der Waals surface area contributed by atoms with Gasteiger partial charge in [0.05, 0.1) is 18.5 Å². The molecule has 5 nitrogen and oxygen atoms in total. The van der Waals surface area contributed by atoms with Crippen LogP contribution in [-0.4, -0.2) is 35.6 Å². The van der Waals surface area contributed by atoms with Crippen LogP contribution < -0.4 is 10.1 Å². The molecule has 0 radical (unpaired) electrons. The van der Waals surface area contributed by atoms with Gasteiger partial charge in [-0.15, -0.1) is 0 Å². The Morgan fingerprint density at radius 3 is 2.84 bits per heavy atom. The summed E-state index contributed by atoms with van der Waals surface area (Å²) >= 11 is 0. The Kier molecular flexibility index (Phi) is 4.55. The topological polar surface area (TPSA) is 54.5 Å². The number of benzene rings is 1. The number of aromatic nitrogens is 1. The maximum atomic E-state index is 12.1. The van der Waals surface area contributed by atoms with Crippen LogP contribution in [0.3, 0.4) is 0 Å². The van der Waals surface area contributed by atoms with E-state index < -0.39 is 0 Å². The Bertz CT molecular complexity index is 742. The summed E-state index contributed by atoms with van der Waals surface area (Å²) in [5.41, 5.74) is 3.64. The van der Waals surface area contributed by atoms with Crippen molar-refractivity contribution in [2.45, 2.75) is 25.7 Å². The minimum absolute atomic E-state index is 0.0713. The number of hydrogen-bond donors (Lipinski definition) is 1. The van der Waals surface area contributed by atoms with Crippen molar-refractivity contribution in [3.63, 3.8) is 0 Å². The number of nitrogens with zero attached hydrogens (tertiary/aromatic N) is 2. The van der Waals surface area contributed by atoms with E-state index in [2.05, 4.69) is 28.5 Å². The van der Waals surface area contributed by atoms with Gasteiger partial charge >= 0.3 is 6.03 Å². The summed E-state index contributed by atoms with van der Waals surface area (Å²) in [6.07, 6.45) is 8.27. The molecule has 1 aliphatic carbocycles. The molecule has 1 N–H and O–H groups in total. The van der Waals surface area contributed by atoms with Crippen molar-refractivity contribution < 1.29 is 9.53 Å². The monoisotopic (exact) mass is 337 g/mol. The Morgan fingerprint density at radius 2 is 2.04 bits per heavy atom. The van der Waals surface area contributed by atoms with Gasteiger partial charge in [0.15, 0.2) is 0 Å². The van der Waals surface area contributed by atoms with Crippen LogP contribution in [0, 0.1) is 5.92 Å². The number of carbonyl (C=O) groups is 1. The van der Waals surface area contributed by atoms with Gasteiger partial charge in [0.1, 0.15) is 5.75 Å². The van der Waals surface area contributed by atoms with Crippen molar-refractivity contribution in [3.05, 3.63) is 53.9 Å². The first-order valence-corrected chi connectivity index (χ1v) is 8.98. The normalized spacial score (nSPS) is 16.7. The van der Waals surface area contributed by atoms with E-state index in [-0.39, 0.29) is 6.03 Å². The second-order valence-corrected chi connectivity index (χ2v) is 6.89. The Balaban J connectivity index is 1.23. The number of anilines is 1. The van der Waals surface area contributed by atoms with Gasteiger partial charge in [-0.25, -0.2) is 4.79 Å². The maximum Gasteiger partial charge on any atom is 0.321 e. The molecular weight excluding hydrogens is 314 g/mol. The summed E-state index contributed by atoms with van der Waals surface area (Å²) in [6.45, 7) is 2.13. The van der Waals surface area contributed by atoms with Gasteiger partial charge in [-0.3, -0.25) is 4.98 Å². The molecule has 5 heteroatoms. The number of hydrogen-bond acceptors (Lipinski definition) is 3. The highest BCUT2D eigenvalue weighted by Crippen LogP contribution is 2.26. The number of pyridine rings is 1. The number of rotatable bonds is 4. The fourth-order valence-corrected chi connectivity index (χ4v) is 3.49. The number of fused-ring (bicyclic) bond motifs is 1. The van der Waals surface area contributed by atoms with Gasteiger partial charge in [0, 0.05) is 25.2 Å². The van der Waals surface area contributed by atoms with Crippen molar-refractivity contribution in [2.75, 3.05) is 25.0 Å². The number of ether oxygens (including phenoxy) is 1. The summed E-state index contributed by atoms with van der Waals surface area (Å²) in [5, 5.41) is 2.86.